The molecule has 1 aromatic heterocycles. The van der Waals surface area contributed by atoms with Gasteiger partial charge in [-0.2, -0.15) is 4.31 Å². The van der Waals surface area contributed by atoms with Crippen LogP contribution in [0, 0.1) is 18.8 Å². The lowest BCUT2D eigenvalue weighted by atomic mass is 9.94. The number of hydrogen-bond acceptors (Lipinski definition) is 5. The number of piperidine rings is 1. The number of aryl methyl sites for hydroxylation is 1. The number of rotatable bonds is 5. The number of anilines is 1. The zero-order valence-corrected chi connectivity index (χ0v) is 20.6. The molecule has 0 radical (unpaired) electrons. The molecule has 1 amide bonds. The Morgan fingerprint density at radius 3 is 2.48 bits per heavy atom. The van der Waals surface area contributed by atoms with E-state index in [1.807, 2.05) is 0 Å². The lowest BCUT2D eigenvalue weighted by Crippen LogP contribution is -2.42. The van der Waals surface area contributed by atoms with Crippen molar-refractivity contribution in [3.05, 3.63) is 52.7 Å². The molecule has 4 rings (SSSR count). The van der Waals surface area contributed by atoms with Gasteiger partial charge in [-0.05, 0) is 61.6 Å². The number of fused-ring (bicyclic) bond motifs is 1. The van der Waals surface area contributed by atoms with Crippen molar-refractivity contribution in [1.82, 2.24) is 4.31 Å². The van der Waals surface area contributed by atoms with Crippen molar-refractivity contribution in [1.29, 1.82) is 0 Å². The van der Waals surface area contributed by atoms with Crippen LogP contribution in [0.3, 0.4) is 0 Å². The summed E-state index contributed by atoms with van der Waals surface area (Å²) >= 11 is 6.14. The Morgan fingerprint density at radius 2 is 1.85 bits per heavy atom. The van der Waals surface area contributed by atoms with Gasteiger partial charge in [-0.3, -0.25) is 4.79 Å². The molecule has 7 nitrogen and oxygen atoms in total. The number of carbonyl (C=O) groups is 1. The van der Waals surface area contributed by atoms with E-state index in [2.05, 4.69) is 19.2 Å². The predicted octanol–water partition coefficient (Wildman–Crippen LogP) is 5.32. The number of carbonyl (C=O) groups excluding carboxylic acids is 1. The summed E-state index contributed by atoms with van der Waals surface area (Å²) in [4.78, 5) is 13.1. The molecule has 33 heavy (non-hydrogen) atoms. The zero-order valence-electron chi connectivity index (χ0n) is 19.0. The number of halogens is 1. The van der Waals surface area contributed by atoms with Gasteiger partial charge in [0.05, 0.1) is 17.0 Å². The predicted molar refractivity (Wildman–Crippen MR) is 129 cm³/mol. The SMILES string of the molecule is COc1ccc(NC(=O)c2oc3ccc(S(=O)(=O)N4C[C@@H](C)C[C@H](C)C4)cc3c2C)cc1Cl. The number of hydrogen-bond donors (Lipinski definition) is 1. The first-order chi connectivity index (χ1) is 15.6. The molecule has 176 valence electrons. The summed E-state index contributed by atoms with van der Waals surface area (Å²) in [6.45, 7) is 6.90. The van der Waals surface area contributed by atoms with Crippen LogP contribution in [0.15, 0.2) is 45.7 Å². The van der Waals surface area contributed by atoms with Crippen molar-refractivity contribution in [2.24, 2.45) is 11.8 Å². The summed E-state index contributed by atoms with van der Waals surface area (Å²) in [6.07, 6.45) is 1.02. The summed E-state index contributed by atoms with van der Waals surface area (Å²) in [7, 11) is -2.13. The maximum Gasteiger partial charge on any atom is 0.291 e. The minimum Gasteiger partial charge on any atom is -0.495 e. The van der Waals surface area contributed by atoms with Crippen LogP contribution in [0.5, 0.6) is 5.75 Å². The normalized spacial score (nSPS) is 19.5. The van der Waals surface area contributed by atoms with Crippen LogP contribution in [0.4, 0.5) is 5.69 Å². The molecule has 0 aliphatic carbocycles. The third kappa shape index (κ3) is 4.60. The first-order valence-corrected chi connectivity index (χ1v) is 12.6. The third-order valence-electron chi connectivity index (χ3n) is 6.00. The highest BCUT2D eigenvalue weighted by Crippen LogP contribution is 2.32. The van der Waals surface area contributed by atoms with E-state index < -0.39 is 15.9 Å². The van der Waals surface area contributed by atoms with E-state index in [0.717, 1.165) is 6.42 Å². The largest absolute Gasteiger partial charge is 0.495 e. The molecule has 1 fully saturated rings. The molecule has 1 aliphatic rings. The number of nitrogens with zero attached hydrogens (tertiary/aromatic N) is 1. The Morgan fingerprint density at radius 1 is 1.15 bits per heavy atom. The molecule has 0 spiro atoms. The first-order valence-electron chi connectivity index (χ1n) is 10.8. The highest BCUT2D eigenvalue weighted by Gasteiger charge is 2.32. The fourth-order valence-corrected chi connectivity index (χ4v) is 6.42. The van der Waals surface area contributed by atoms with Crippen LogP contribution in [0.25, 0.3) is 11.0 Å². The standard InChI is InChI=1S/C24H27ClN2O5S/c1-14-9-15(2)13-27(12-14)33(29,30)18-6-8-21-19(11-18)16(3)23(32-21)24(28)26-17-5-7-22(31-4)20(25)10-17/h5-8,10-11,14-15H,9,12-13H2,1-4H3,(H,26,28)/t14-,15-/m0/s1. The molecule has 0 saturated carbocycles. The number of benzene rings is 2. The van der Waals surface area contributed by atoms with Gasteiger partial charge >= 0.3 is 0 Å². The number of methoxy groups -OCH3 is 1. The van der Waals surface area contributed by atoms with Crippen LogP contribution in [0.1, 0.15) is 36.4 Å². The molecular formula is C24H27ClN2O5S. The van der Waals surface area contributed by atoms with Crippen molar-refractivity contribution >= 4 is 44.2 Å². The molecule has 9 heteroatoms. The van der Waals surface area contributed by atoms with Gasteiger partial charge in [-0.25, -0.2) is 8.42 Å². The molecule has 0 unspecified atom stereocenters. The quantitative estimate of drug-likeness (QED) is 0.522. The van der Waals surface area contributed by atoms with E-state index in [-0.39, 0.29) is 10.7 Å². The molecule has 0 bridgehead atoms. The molecule has 2 atom stereocenters. The highest BCUT2D eigenvalue weighted by molar-refractivity contribution is 7.89. The van der Waals surface area contributed by atoms with Gasteiger partial charge in [0.15, 0.2) is 5.76 Å². The number of sulfonamides is 1. The summed E-state index contributed by atoms with van der Waals surface area (Å²) < 4.78 is 39.0. The number of furan rings is 1. The van der Waals surface area contributed by atoms with Crippen molar-refractivity contribution in [3.63, 3.8) is 0 Å². The average Bonchev–Trinajstić information content (AvgIpc) is 3.09. The Hall–Kier alpha value is -2.55. The summed E-state index contributed by atoms with van der Waals surface area (Å²) in [5.41, 5.74) is 1.51. The van der Waals surface area contributed by atoms with Crippen LogP contribution in [-0.4, -0.2) is 38.8 Å². The average molecular weight is 491 g/mol. The maximum absolute atomic E-state index is 13.3. The first kappa shape index (κ1) is 23.6. The van der Waals surface area contributed by atoms with Gasteiger partial charge in [0.25, 0.3) is 5.91 Å². The monoisotopic (exact) mass is 490 g/mol. The van der Waals surface area contributed by atoms with Crippen molar-refractivity contribution in [2.75, 3.05) is 25.5 Å². The van der Waals surface area contributed by atoms with Crippen LogP contribution < -0.4 is 10.1 Å². The minimum atomic E-state index is -3.64. The Kier molecular flexibility index (Phi) is 6.44. The van der Waals surface area contributed by atoms with Crippen LogP contribution >= 0.6 is 11.6 Å². The zero-order chi connectivity index (χ0) is 23.9. The molecule has 1 saturated heterocycles. The van der Waals surface area contributed by atoms with Gasteiger partial charge in [-0.1, -0.05) is 25.4 Å². The summed E-state index contributed by atoms with van der Waals surface area (Å²) in [5.74, 6) is 0.787. The Bertz CT molecular complexity index is 1310. The van der Waals surface area contributed by atoms with Crippen molar-refractivity contribution in [3.8, 4) is 5.75 Å². The Labute approximate surface area is 198 Å². The van der Waals surface area contributed by atoms with Crippen LogP contribution in [-0.2, 0) is 10.0 Å². The highest BCUT2D eigenvalue weighted by atomic mass is 35.5. The van der Waals surface area contributed by atoms with E-state index in [0.29, 0.717) is 57.9 Å². The van der Waals surface area contributed by atoms with E-state index in [1.54, 1.807) is 41.6 Å². The lowest BCUT2D eigenvalue weighted by molar-refractivity contribution is 0.0998. The summed E-state index contributed by atoms with van der Waals surface area (Å²) in [5, 5.41) is 3.72. The van der Waals surface area contributed by atoms with E-state index >= 15 is 0 Å². The topological polar surface area (TPSA) is 88.8 Å². The second-order valence-corrected chi connectivity index (χ2v) is 11.1. The molecule has 1 N–H and O–H groups in total. The van der Waals surface area contributed by atoms with Gasteiger partial charge < -0.3 is 14.5 Å². The van der Waals surface area contributed by atoms with Gasteiger partial charge in [0, 0.05) is 29.7 Å². The van der Waals surface area contributed by atoms with Crippen molar-refractivity contribution < 1.29 is 22.4 Å². The van der Waals surface area contributed by atoms with E-state index in [9.17, 15) is 13.2 Å². The van der Waals surface area contributed by atoms with Gasteiger partial charge in [0.1, 0.15) is 11.3 Å². The van der Waals surface area contributed by atoms with Gasteiger partial charge in [0.2, 0.25) is 10.0 Å². The second kappa shape index (κ2) is 9.00. The molecular weight excluding hydrogens is 464 g/mol. The van der Waals surface area contributed by atoms with E-state index in [1.165, 1.54) is 13.2 Å². The maximum atomic E-state index is 13.3. The molecule has 1 aliphatic heterocycles. The van der Waals surface area contributed by atoms with Gasteiger partial charge in [-0.15, -0.1) is 0 Å². The molecule has 2 aromatic carbocycles. The minimum absolute atomic E-state index is 0.117. The lowest BCUT2D eigenvalue weighted by Gasteiger charge is -2.34. The number of ether oxygens (including phenoxy) is 1. The fourth-order valence-electron chi connectivity index (χ4n) is 4.46. The number of amides is 1. The van der Waals surface area contributed by atoms with Crippen LogP contribution in [0.2, 0.25) is 5.02 Å². The smallest absolute Gasteiger partial charge is 0.291 e. The fraction of sp³-hybridized carbons (Fsp3) is 0.375. The molecule has 2 heterocycles. The number of nitrogens with one attached hydrogen (secondary N) is 1. The molecule has 3 aromatic rings. The van der Waals surface area contributed by atoms with E-state index in [4.69, 9.17) is 20.8 Å². The summed E-state index contributed by atoms with van der Waals surface area (Å²) in [6, 6.07) is 9.65. The Balaban J connectivity index is 1.63. The third-order valence-corrected chi connectivity index (χ3v) is 8.12. The van der Waals surface area contributed by atoms with Crippen molar-refractivity contribution in [2.45, 2.75) is 32.1 Å². The second-order valence-electron chi connectivity index (χ2n) is 8.79.